The third kappa shape index (κ3) is 3.25. The zero-order valence-corrected chi connectivity index (χ0v) is 13.8. The van der Waals surface area contributed by atoms with E-state index in [2.05, 4.69) is 25.9 Å². The van der Waals surface area contributed by atoms with E-state index in [1.54, 1.807) is 6.92 Å². The second-order valence-electron chi connectivity index (χ2n) is 3.97. The molecule has 2 heterocycles. The Morgan fingerprint density at radius 2 is 2.21 bits per heavy atom. The summed E-state index contributed by atoms with van der Waals surface area (Å²) in [5.41, 5.74) is 0. The summed E-state index contributed by atoms with van der Waals surface area (Å²) in [6, 6.07) is 3.84. The number of nitrogens with one attached hydrogen (secondary N) is 1. The number of rotatable bonds is 5. The van der Waals surface area contributed by atoms with Crippen molar-refractivity contribution in [1.29, 1.82) is 0 Å². The maximum absolute atomic E-state index is 12.4. The zero-order valence-electron chi connectivity index (χ0n) is 10.6. The minimum absolute atomic E-state index is 0.141. The summed E-state index contributed by atoms with van der Waals surface area (Å²) in [7, 11) is -3.51. The van der Waals surface area contributed by atoms with Gasteiger partial charge in [0.2, 0.25) is 0 Å². The molecule has 0 unspecified atom stereocenters. The number of nitrogens with zero attached hydrogens (tertiary/aromatic N) is 2. The molecule has 0 aromatic carbocycles. The molecule has 2 aromatic rings. The molecule has 0 spiro atoms. The monoisotopic (exact) mass is 363 g/mol. The van der Waals surface area contributed by atoms with E-state index in [-0.39, 0.29) is 5.03 Å². The molecule has 2 rings (SSSR count). The number of aryl methyl sites for hydroxylation is 1. The maximum Gasteiger partial charge on any atom is 0.260 e. The van der Waals surface area contributed by atoms with Gasteiger partial charge in [0.1, 0.15) is 5.82 Å². The number of thiophene rings is 1. The first-order valence-electron chi connectivity index (χ1n) is 5.69. The van der Waals surface area contributed by atoms with E-state index in [0.29, 0.717) is 18.9 Å². The van der Waals surface area contributed by atoms with Crippen LogP contribution in [0.4, 0.5) is 0 Å². The topological polar surface area (TPSA) is 66.1 Å². The second kappa shape index (κ2) is 5.74. The Morgan fingerprint density at radius 1 is 1.47 bits per heavy atom. The minimum Gasteiger partial charge on any atom is -0.332 e. The van der Waals surface area contributed by atoms with Gasteiger partial charge in [0, 0.05) is 18.0 Å². The molecule has 0 aliphatic carbocycles. The fraction of sp³-hybridized carbons (Fsp3) is 0.364. The van der Waals surface area contributed by atoms with Crippen LogP contribution in [0.2, 0.25) is 0 Å². The van der Waals surface area contributed by atoms with Crippen molar-refractivity contribution in [3.05, 3.63) is 32.8 Å². The van der Waals surface area contributed by atoms with Crippen molar-refractivity contribution in [1.82, 2.24) is 14.3 Å². The number of imidazole rings is 1. The number of hydrogen-bond donors (Lipinski definition) is 1. The Balaban J connectivity index is 2.26. The van der Waals surface area contributed by atoms with Gasteiger partial charge >= 0.3 is 0 Å². The van der Waals surface area contributed by atoms with Crippen LogP contribution in [-0.2, 0) is 16.6 Å². The lowest BCUT2D eigenvalue weighted by molar-refractivity contribution is 0.424. The SMILES string of the molecule is CCN(Cc1ccc(Br)s1)S(=O)(=O)c1cnc(C)[nH]1. The molecule has 1 N–H and O–H groups in total. The first-order chi connectivity index (χ1) is 8.93. The molecule has 2 aromatic heterocycles. The van der Waals surface area contributed by atoms with Gasteiger partial charge in [-0.25, -0.2) is 13.4 Å². The molecule has 0 fully saturated rings. The highest BCUT2D eigenvalue weighted by molar-refractivity contribution is 9.11. The van der Waals surface area contributed by atoms with E-state index < -0.39 is 10.0 Å². The first kappa shape index (κ1) is 14.7. The van der Waals surface area contributed by atoms with Crippen LogP contribution in [0, 0.1) is 6.92 Å². The van der Waals surface area contributed by atoms with E-state index in [0.717, 1.165) is 8.66 Å². The first-order valence-corrected chi connectivity index (χ1v) is 8.74. The lowest BCUT2D eigenvalue weighted by atomic mass is 10.4. The predicted octanol–water partition coefficient (Wildman–Crippen LogP) is 2.75. The Kier molecular flexibility index (Phi) is 4.44. The van der Waals surface area contributed by atoms with Crippen LogP contribution in [0.25, 0.3) is 0 Å². The van der Waals surface area contributed by atoms with Crippen molar-refractivity contribution in [2.24, 2.45) is 0 Å². The van der Waals surface area contributed by atoms with E-state index in [9.17, 15) is 8.42 Å². The molecule has 0 aliphatic rings. The minimum atomic E-state index is -3.51. The van der Waals surface area contributed by atoms with Crippen LogP contribution in [0.1, 0.15) is 17.6 Å². The normalized spacial score (nSPS) is 12.2. The summed E-state index contributed by atoms with van der Waals surface area (Å²) in [6.45, 7) is 4.33. The van der Waals surface area contributed by atoms with E-state index in [1.165, 1.54) is 21.8 Å². The van der Waals surface area contributed by atoms with Crippen molar-refractivity contribution >= 4 is 37.3 Å². The molecule has 19 heavy (non-hydrogen) atoms. The Bertz CT molecular complexity index is 663. The lowest BCUT2D eigenvalue weighted by Gasteiger charge is -2.18. The summed E-state index contributed by atoms with van der Waals surface area (Å²) >= 11 is 4.91. The Hall–Kier alpha value is -0.700. The van der Waals surface area contributed by atoms with Crippen molar-refractivity contribution < 1.29 is 8.42 Å². The molecular formula is C11H14BrN3O2S2. The molecule has 5 nitrogen and oxygen atoms in total. The number of halogens is 1. The molecule has 0 saturated carbocycles. The molecule has 0 amide bonds. The second-order valence-corrected chi connectivity index (χ2v) is 8.42. The highest BCUT2D eigenvalue weighted by Gasteiger charge is 2.25. The van der Waals surface area contributed by atoms with Gasteiger partial charge in [-0.2, -0.15) is 4.31 Å². The Morgan fingerprint density at radius 3 is 2.68 bits per heavy atom. The summed E-state index contributed by atoms with van der Waals surface area (Å²) in [6.07, 6.45) is 1.36. The fourth-order valence-electron chi connectivity index (χ4n) is 1.65. The van der Waals surface area contributed by atoms with Crippen LogP contribution in [0.15, 0.2) is 27.1 Å². The van der Waals surface area contributed by atoms with Crippen molar-refractivity contribution in [2.75, 3.05) is 6.54 Å². The maximum atomic E-state index is 12.4. The molecular weight excluding hydrogens is 350 g/mol. The van der Waals surface area contributed by atoms with Gasteiger partial charge in [-0.15, -0.1) is 11.3 Å². The van der Waals surface area contributed by atoms with Gasteiger partial charge in [-0.3, -0.25) is 0 Å². The third-order valence-electron chi connectivity index (χ3n) is 2.61. The molecule has 104 valence electrons. The van der Waals surface area contributed by atoms with Crippen LogP contribution in [0.5, 0.6) is 0 Å². The van der Waals surface area contributed by atoms with E-state index in [1.807, 2.05) is 19.1 Å². The third-order valence-corrected chi connectivity index (χ3v) is 6.05. The number of sulfonamides is 1. The van der Waals surface area contributed by atoms with Crippen LogP contribution < -0.4 is 0 Å². The molecule has 8 heteroatoms. The van der Waals surface area contributed by atoms with Gasteiger partial charge in [0.15, 0.2) is 5.03 Å². The fourth-order valence-corrected chi connectivity index (χ4v) is 4.62. The van der Waals surface area contributed by atoms with Crippen LogP contribution in [-0.4, -0.2) is 29.2 Å². The molecule has 0 saturated heterocycles. The van der Waals surface area contributed by atoms with Gasteiger partial charge in [-0.05, 0) is 35.0 Å². The Labute approximate surface area is 124 Å². The zero-order chi connectivity index (χ0) is 14.0. The number of aromatic nitrogens is 2. The van der Waals surface area contributed by atoms with Crippen molar-refractivity contribution in [2.45, 2.75) is 25.4 Å². The molecule has 0 atom stereocenters. The largest absolute Gasteiger partial charge is 0.332 e. The standard InChI is InChI=1S/C11H14BrN3O2S2/c1-3-15(7-9-4-5-10(12)18-9)19(16,17)11-6-13-8(2)14-11/h4-6H,3,7H2,1-2H3,(H,13,14). The number of aromatic amines is 1. The molecule has 0 radical (unpaired) electrons. The van der Waals surface area contributed by atoms with Gasteiger partial charge in [0.05, 0.1) is 9.98 Å². The average Bonchev–Trinajstić information content (AvgIpc) is 2.95. The average molecular weight is 364 g/mol. The van der Waals surface area contributed by atoms with E-state index >= 15 is 0 Å². The summed E-state index contributed by atoms with van der Waals surface area (Å²) in [4.78, 5) is 7.71. The van der Waals surface area contributed by atoms with Gasteiger partial charge < -0.3 is 4.98 Å². The lowest BCUT2D eigenvalue weighted by Crippen LogP contribution is -2.30. The van der Waals surface area contributed by atoms with Crippen LogP contribution in [0.3, 0.4) is 0 Å². The number of H-pyrrole nitrogens is 1. The quantitative estimate of drug-likeness (QED) is 0.887. The molecule has 0 bridgehead atoms. The van der Waals surface area contributed by atoms with Crippen molar-refractivity contribution in [3.8, 4) is 0 Å². The van der Waals surface area contributed by atoms with Crippen molar-refractivity contribution in [3.63, 3.8) is 0 Å². The smallest absolute Gasteiger partial charge is 0.260 e. The van der Waals surface area contributed by atoms with E-state index in [4.69, 9.17) is 0 Å². The summed E-state index contributed by atoms with van der Waals surface area (Å²) in [5, 5.41) is 0.141. The highest BCUT2D eigenvalue weighted by Crippen LogP contribution is 2.25. The highest BCUT2D eigenvalue weighted by atomic mass is 79.9. The summed E-state index contributed by atoms with van der Waals surface area (Å²) < 4.78 is 27.3. The van der Waals surface area contributed by atoms with Gasteiger partial charge in [-0.1, -0.05) is 6.92 Å². The number of hydrogen-bond acceptors (Lipinski definition) is 4. The molecule has 0 aliphatic heterocycles. The summed E-state index contributed by atoms with van der Waals surface area (Å²) in [5.74, 6) is 0.591. The van der Waals surface area contributed by atoms with Gasteiger partial charge in [0.25, 0.3) is 10.0 Å². The van der Waals surface area contributed by atoms with Crippen LogP contribution >= 0.6 is 27.3 Å². The predicted molar refractivity (Wildman–Crippen MR) is 78.6 cm³/mol.